The van der Waals surface area contributed by atoms with Gasteiger partial charge in [0.15, 0.2) is 6.10 Å². The van der Waals surface area contributed by atoms with E-state index in [2.05, 4.69) is 10.6 Å². The summed E-state index contributed by atoms with van der Waals surface area (Å²) in [5, 5.41) is 5.18. The lowest BCUT2D eigenvalue weighted by atomic mass is 10.1. The van der Waals surface area contributed by atoms with E-state index in [4.69, 9.17) is 4.74 Å². The third-order valence-corrected chi connectivity index (χ3v) is 4.86. The number of rotatable bonds is 5. The zero-order chi connectivity index (χ0) is 21.8. The molecule has 0 bridgehead atoms. The Labute approximate surface area is 174 Å². The van der Waals surface area contributed by atoms with Crippen LogP contribution in [0.5, 0.6) is 0 Å². The molecule has 2 aromatic carbocycles. The van der Waals surface area contributed by atoms with E-state index in [1.807, 2.05) is 19.9 Å². The average molecular weight is 409 g/mol. The summed E-state index contributed by atoms with van der Waals surface area (Å²) in [5.74, 6) is -2.01. The second-order valence-electron chi connectivity index (χ2n) is 7.10. The minimum Gasteiger partial charge on any atom is -0.451 e. The van der Waals surface area contributed by atoms with E-state index in [1.54, 1.807) is 36.4 Å². The van der Waals surface area contributed by atoms with Crippen LogP contribution in [0, 0.1) is 13.8 Å². The molecule has 30 heavy (non-hydrogen) atoms. The summed E-state index contributed by atoms with van der Waals surface area (Å²) in [7, 11) is 0. The van der Waals surface area contributed by atoms with Crippen LogP contribution in [0.15, 0.2) is 42.5 Å². The van der Waals surface area contributed by atoms with Gasteiger partial charge in [0, 0.05) is 5.56 Å². The molecule has 1 aliphatic rings. The molecule has 0 aromatic heterocycles. The first-order valence-corrected chi connectivity index (χ1v) is 9.51. The molecule has 0 unspecified atom stereocenters. The van der Waals surface area contributed by atoms with Crippen molar-refractivity contribution in [2.24, 2.45) is 0 Å². The van der Waals surface area contributed by atoms with Gasteiger partial charge in [0.1, 0.15) is 13.1 Å². The summed E-state index contributed by atoms with van der Waals surface area (Å²) in [5.41, 5.74) is 3.52. The summed E-state index contributed by atoms with van der Waals surface area (Å²) in [6, 6.07) is 12.1. The quantitative estimate of drug-likeness (QED) is 0.735. The van der Waals surface area contributed by atoms with Gasteiger partial charge in [-0.05, 0) is 56.2 Å². The standard InChI is InChI=1S/C22H23N3O5/c1-13-8-9-16(10-14(13)2)21(28)23-11-20(27)30-15(3)22(29)25-12-19(26)24-17-6-4-5-7-18(17)25/h4-10,15H,11-12H2,1-3H3,(H,23,28)(H,24,26)/t15-/m1/s1. The number of esters is 1. The van der Waals surface area contributed by atoms with Gasteiger partial charge < -0.3 is 15.4 Å². The van der Waals surface area contributed by atoms with Crippen LogP contribution in [0.3, 0.4) is 0 Å². The Morgan fingerprint density at radius 3 is 2.60 bits per heavy atom. The molecule has 8 heteroatoms. The number of benzene rings is 2. The Balaban J connectivity index is 1.58. The lowest BCUT2D eigenvalue weighted by molar-refractivity contribution is -0.152. The van der Waals surface area contributed by atoms with E-state index in [9.17, 15) is 19.2 Å². The zero-order valence-electron chi connectivity index (χ0n) is 17.0. The van der Waals surface area contributed by atoms with Gasteiger partial charge in [-0.3, -0.25) is 24.1 Å². The van der Waals surface area contributed by atoms with Gasteiger partial charge in [0.25, 0.3) is 11.8 Å². The minimum atomic E-state index is -1.12. The van der Waals surface area contributed by atoms with Gasteiger partial charge in [-0.25, -0.2) is 0 Å². The number of fused-ring (bicyclic) bond motifs is 1. The highest BCUT2D eigenvalue weighted by molar-refractivity contribution is 6.11. The molecule has 0 saturated carbocycles. The monoisotopic (exact) mass is 409 g/mol. The maximum absolute atomic E-state index is 12.8. The average Bonchev–Trinajstić information content (AvgIpc) is 2.72. The molecule has 1 aliphatic heterocycles. The molecule has 0 fully saturated rings. The highest BCUT2D eigenvalue weighted by Gasteiger charge is 2.31. The first-order chi connectivity index (χ1) is 14.3. The second-order valence-corrected chi connectivity index (χ2v) is 7.10. The van der Waals surface area contributed by atoms with Crippen LogP contribution in [-0.4, -0.2) is 42.9 Å². The van der Waals surface area contributed by atoms with E-state index in [0.29, 0.717) is 16.9 Å². The third-order valence-electron chi connectivity index (χ3n) is 4.86. The van der Waals surface area contributed by atoms with Gasteiger partial charge in [-0.15, -0.1) is 0 Å². The van der Waals surface area contributed by atoms with Crippen LogP contribution in [0.2, 0.25) is 0 Å². The molecule has 0 radical (unpaired) electrons. The fourth-order valence-electron chi connectivity index (χ4n) is 3.08. The molecule has 2 N–H and O–H groups in total. The normalized spacial score (nSPS) is 13.7. The van der Waals surface area contributed by atoms with Crippen LogP contribution in [0.1, 0.15) is 28.4 Å². The summed E-state index contributed by atoms with van der Waals surface area (Å²) >= 11 is 0. The molecular formula is C22H23N3O5. The Kier molecular flexibility index (Phi) is 6.15. The van der Waals surface area contributed by atoms with Crippen molar-refractivity contribution in [2.45, 2.75) is 26.9 Å². The van der Waals surface area contributed by atoms with Crippen LogP contribution in [-0.2, 0) is 19.1 Å². The van der Waals surface area contributed by atoms with Gasteiger partial charge in [0.05, 0.1) is 11.4 Å². The molecule has 3 amide bonds. The number of ether oxygens (including phenoxy) is 1. The summed E-state index contributed by atoms with van der Waals surface area (Å²) in [4.78, 5) is 50.2. The summed E-state index contributed by atoms with van der Waals surface area (Å²) < 4.78 is 5.17. The molecule has 3 rings (SSSR count). The molecule has 2 aromatic rings. The first-order valence-electron chi connectivity index (χ1n) is 9.51. The summed E-state index contributed by atoms with van der Waals surface area (Å²) in [6.45, 7) is 4.73. The van der Waals surface area contributed by atoms with Gasteiger partial charge in [-0.2, -0.15) is 0 Å². The number of hydrogen-bond donors (Lipinski definition) is 2. The van der Waals surface area contributed by atoms with Crippen LogP contribution < -0.4 is 15.5 Å². The Morgan fingerprint density at radius 2 is 1.87 bits per heavy atom. The SMILES string of the molecule is Cc1ccc(C(=O)NCC(=O)O[C@H](C)C(=O)N2CC(=O)Nc3ccccc32)cc1C. The van der Waals surface area contributed by atoms with Gasteiger partial charge in [-0.1, -0.05) is 18.2 Å². The van der Waals surface area contributed by atoms with Crippen molar-refractivity contribution in [1.82, 2.24) is 5.32 Å². The third kappa shape index (κ3) is 4.65. The molecule has 0 spiro atoms. The highest BCUT2D eigenvalue weighted by atomic mass is 16.5. The minimum absolute atomic E-state index is 0.165. The molecule has 0 saturated heterocycles. The van der Waals surface area contributed by atoms with Crippen molar-refractivity contribution >= 4 is 35.1 Å². The fraction of sp³-hybridized carbons (Fsp3) is 0.273. The largest absolute Gasteiger partial charge is 0.451 e. The predicted molar refractivity (Wildman–Crippen MR) is 111 cm³/mol. The topological polar surface area (TPSA) is 105 Å². The van der Waals surface area contributed by atoms with E-state index in [0.717, 1.165) is 11.1 Å². The van der Waals surface area contributed by atoms with Crippen molar-refractivity contribution in [2.75, 3.05) is 23.3 Å². The molecule has 1 atom stereocenters. The number of aryl methyl sites for hydroxylation is 2. The molecule has 0 aliphatic carbocycles. The first kappa shape index (κ1) is 21.0. The number of hydrogen-bond acceptors (Lipinski definition) is 5. The van der Waals surface area contributed by atoms with Crippen LogP contribution in [0.4, 0.5) is 11.4 Å². The lowest BCUT2D eigenvalue weighted by Crippen LogP contribution is -2.47. The zero-order valence-corrected chi connectivity index (χ0v) is 17.0. The lowest BCUT2D eigenvalue weighted by Gasteiger charge is -2.30. The number of nitrogens with one attached hydrogen (secondary N) is 2. The van der Waals surface area contributed by atoms with Crippen molar-refractivity contribution in [3.8, 4) is 0 Å². The number of anilines is 2. The Morgan fingerprint density at radius 1 is 1.13 bits per heavy atom. The smallest absolute Gasteiger partial charge is 0.326 e. The molecular weight excluding hydrogens is 386 g/mol. The van der Waals surface area contributed by atoms with Crippen molar-refractivity contribution in [3.05, 3.63) is 59.2 Å². The van der Waals surface area contributed by atoms with Crippen molar-refractivity contribution in [3.63, 3.8) is 0 Å². The molecule has 156 valence electrons. The molecule has 1 heterocycles. The van der Waals surface area contributed by atoms with E-state index < -0.39 is 23.9 Å². The highest BCUT2D eigenvalue weighted by Crippen LogP contribution is 2.29. The van der Waals surface area contributed by atoms with Gasteiger partial charge >= 0.3 is 5.97 Å². The number of carbonyl (C=O) groups is 4. The molecule has 8 nitrogen and oxygen atoms in total. The number of para-hydroxylation sites is 2. The van der Waals surface area contributed by atoms with E-state index in [-0.39, 0.29) is 19.0 Å². The Hall–Kier alpha value is -3.68. The predicted octanol–water partition coefficient (Wildman–Crippen LogP) is 1.95. The number of nitrogens with zero attached hydrogens (tertiary/aromatic N) is 1. The number of carbonyl (C=O) groups excluding carboxylic acids is 4. The van der Waals surface area contributed by atoms with Crippen LogP contribution >= 0.6 is 0 Å². The van der Waals surface area contributed by atoms with Crippen molar-refractivity contribution < 1.29 is 23.9 Å². The van der Waals surface area contributed by atoms with Gasteiger partial charge in [0.2, 0.25) is 5.91 Å². The maximum atomic E-state index is 12.8. The second kappa shape index (κ2) is 8.77. The fourth-order valence-corrected chi connectivity index (χ4v) is 3.08. The Bertz CT molecular complexity index is 1020. The van der Waals surface area contributed by atoms with Crippen molar-refractivity contribution in [1.29, 1.82) is 0 Å². The van der Waals surface area contributed by atoms with Crippen LogP contribution in [0.25, 0.3) is 0 Å². The van der Waals surface area contributed by atoms with E-state index in [1.165, 1.54) is 11.8 Å². The maximum Gasteiger partial charge on any atom is 0.326 e. The number of amides is 3. The summed E-state index contributed by atoms with van der Waals surface area (Å²) in [6.07, 6.45) is -1.12. The van der Waals surface area contributed by atoms with E-state index >= 15 is 0 Å².